The molecule has 2 saturated heterocycles. The number of amides is 2. The van der Waals surface area contributed by atoms with E-state index in [-0.39, 0.29) is 42.9 Å². The van der Waals surface area contributed by atoms with E-state index in [9.17, 15) is 24.3 Å². The van der Waals surface area contributed by atoms with Gasteiger partial charge < -0.3 is 31.9 Å². The molecule has 370 valence electrons. The molecule has 7 rings (SSSR count). The average Bonchev–Trinajstić information content (AvgIpc) is 3.33. The third-order valence-corrected chi connectivity index (χ3v) is 14.1. The molecule has 0 bridgehead atoms. The van der Waals surface area contributed by atoms with Crippen LogP contribution in [0.3, 0.4) is 0 Å². The van der Waals surface area contributed by atoms with E-state index in [1.165, 1.54) is 12.8 Å². The fourth-order valence-corrected chi connectivity index (χ4v) is 9.83. The molecule has 2 aliphatic heterocycles. The number of carbonyl (C=O) groups excluding carboxylic acids is 4. The number of Topliss-reactive ketones (excluding diaryl/α,β-unsaturated/α-hetero) is 2. The standard InChI is InChI=1S/C31H40N4O3.C24H34N4O3/c1-21-8-7-9-22(2)35(21)19-29(37)34-30(23(3)38-20-25-10-5-4-6-11-25)28(36)15-13-24-12-14-27-26(18-24)16-17-33-31(27)32;1-15-5-4-6-16(2)28(15)14-22(31)27-23(17(3)29)21(30)10-8-18-7-9-20-19(13-18)11-12-26-24(20)25/h4-6,10-12,14,16-18,21-23,30H,7-9,13,15,19-20H2,1-3H3,(H2,32,33)(H,34,37);7,9,11-13,15-17,23,29H,4-6,8,10,14H2,1-3H3,(H2,25,26)(H,27,31)/t21-,22+,23-,30?;15-,16+,17?,23-/m10/s1. The molecule has 4 heterocycles. The van der Waals surface area contributed by atoms with Crippen LogP contribution in [0.25, 0.3) is 21.5 Å². The molecule has 3 aromatic carbocycles. The van der Waals surface area contributed by atoms with Gasteiger partial charge in [0.2, 0.25) is 11.8 Å². The van der Waals surface area contributed by atoms with E-state index in [0.717, 1.165) is 63.9 Å². The fraction of sp³-hybridized carbons (Fsp3) is 0.491. The number of nitrogens with two attached hydrogens (primary N) is 2. The first-order chi connectivity index (χ1) is 33.1. The molecule has 0 radical (unpaired) electrons. The molecule has 0 saturated carbocycles. The minimum Gasteiger partial charge on any atom is -0.391 e. The van der Waals surface area contributed by atoms with Crippen molar-refractivity contribution >= 4 is 56.6 Å². The van der Waals surface area contributed by atoms with Gasteiger partial charge in [0, 0.05) is 60.2 Å². The Morgan fingerprint density at radius 1 is 0.638 bits per heavy atom. The first kappa shape index (κ1) is 52.6. The number of nitrogen functional groups attached to an aromatic ring is 2. The van der Waals surface area contributed by atoms with E-state index in [0.29, 0.717) is 61.7 Å². The largest absolute Gasteiger partial charge is 0.391 e. The zero-order chi connectivity index (χ0) is 49.6. The molecule has 0 spiro atoms. The number of anilines is 2. The molecule has 14 heteroatoms. The number of benzene rings is 3. The maximum atomic E-state index is 13.5. The summed E-state index contributed by atoms with van der Waals surface area (Å²) in [4.78, 5) is 64.8. The molecule has 5 aromatic rings. The van der Waals surface area contributed by atoms with Gasteiger partial charge in [0.05, 0.1) is 31.9 Å². The Morgan fingerprint density at radius 3 is 1.52 bits per heavy atom. The Morgan fingerprint density at radius 2 is 1.07 bits per heavy atom. The minimum atomic E-state index is -0.949. The average molecular weight is 943 g/mol. The van der Waals surface area contributed by atoms with Crippen LogP contribution in [-0.4, -0.2) is 110 Å². The molecule has 2 amide bonds. The summed E-state index contributed by atoms with van der Waals surface area (Å²) in [5.41, 5.74) is 14.9. The smallest absolute Gasteiger partial charge is 0.234 e. The van der Waals surface area contributed by atoms with Crippen LogP contribution >= 0.6 is 0 Å². The highest BCUT2D eigenvalue weighted by atomic mass is 16.5. The van der Waals surface area contributed by atoms with Gasteiger partial charge in [-0.3, -0.25) is 29.0 Å². The molecule has 2 fully saturated rings. The minimum absolute atomic E-state index is 0.0343. The van der Waals surface area contributed by atoms with Gasteiger partial charge in [-0.05, 0) is 120 Å². The van der Waals surface area contributed by atoms with E-state index in [2.05, 4.69) is 58.1 Å². The van der Waals surface area contributed by atoms with Crippen LogP contribution in [-0.2, 0) is 43.4 Å². The number of carbonyl (C=O) groups is 4. The van der Waals surface area contributed by atoms with Gasteiger partial charge in [-0.2, -0.15) is 0 Å². The summed E-state index contributed by atoms with van der Waals surface area (Å²) in [5.74, 6) is 0.427. The highest BCUT2D eigenvalue weighted by molar-refractivity contribution is 5.93. The Hall–Kier alpha value is -5.80. The number of nitrogens with zero attached hydrogens (tertiary/aromatic N) is 4. The topological polar surface area (TPSA) is 206 Å². The summed E-state index contributed by atoms with van der Waals surface area (Å²) in [7, 11) is 0. The lowest BCUT2D eigenvalue weighted by atomic mass is 9.97. The number of aliphatic hydroxyl groups excluding tert-OH is 1. The van der Waals surface area contributed by atoms with E-state index >= 15 is 0 Å². The number of nitrogens with one attached hydrogen (secondary N) is 2. The van der Waals surface area contributed by atoms with Crippen LogP contribution < -0.4 is 22.1 Å². The first-order valence-corrected chi connectivity index (χ1v) is 24.8. The van der Waals surface area contributed by atoms with Crippen molar-refractivity contribution in [2.45, 2.75) is 161 Å². The summed E-state index contributed by atoms with van der Waals surface area (Å²) in [6.07, 6.45) is 10.2. The van der Waals surface area contributed by atoms with Crippen molar-refractivity contribution in [1.29, 1.82) is 0 Å². The molecule has 2 aliphatic rings. The van der Waals surface area contributed by atoms with Crippen molar-refractivity contribution in [1.82, 2.24) is 30.4 Å². The predicted octanol–water partition coefficient (Wildman–Crippen LogP) is 7.12. The second kappa shape index (κ2) is 25.2. The molecular weight excluding hydrogens is 869 g/mol. The summed E-state index contributed by atoms with van der Waals surface area (Å²) < 4.78 is 6.10. The Balaban J connectivity index is 0.000000232. The second-order valence-corrected chi connectivity index (χ2v) is 19.4. The molecular formula is C55H74N8O6. The SMILES string of the molecule is CC(O)[C@H](NC(=O)CN1[C@H](C)CCC[C@@H]1C)C(=O)CCc1ccc2c(N)nccc2c1.C[C@@H]1CCC[C@H](C)N1CC(=O)NC(C(=O)CCc1ccc2c(N)nccc2c1)[C@@H](C)OCc1ccccc1. The Bertz CT molecular complexity index is 2480. The maximum Gasteiger partial charge on any atom is 0.234 e. The van der Waals surface area contributed by atoms with Gasteiger partial charge in [0.15, 0.2) is 11.6 Å². The normalized spacial score (nSPS) is 20.5. The lowest BCUT2D eigenvalue weighted by Crippen LogP contribution is -2.54. The third-order valence-electron chi connectivity index (χ3n) is 14.1. The van der Waals surface area contributed by atoms with Crippen molar-refractivity contribution < 1.29 is 29.0 Å². The van der Waals surface area contributed by atoms with Crippen LogP contribution in [0.1, 0.15) is 110 Å². The van der Waals surface area contributed by atoms with Gasteiger partial charge in [0.25, 0.3) is 0 Å². The summed E-state index contributed by atoms with van der Waals surface area (Å²) in [5, 5.41) is 19.7. The highest BCUT2D eigenvalue weighted by Crippen LogP contribution is 2.25. The maximum absolute atomic E-state index is 13.5. The van der Waals surface area contributed by atoms with Crippen molar-refractivity contribution in [2.75, 3.05) is 24.6 Å². The lowest BCUT2D eigenvalue weighted by molar-refractivity contribution is -0.133. The van der Waals surface area contributed by atoms with E-state index in [4.69, 9.17) is 16.2 Å². The number of ether oxygens (including phenoxy) is 1. The molecule has 69 heavy (non-hydrogen) atoms. The number of likely N-dealkylation sites (tertiary alicyclic amines) is 2. The molecule has 7 N–H and O–H groups in total. The summed E-state index contributed by atoms with van der Waals surface area (Å²) in [6, 6.07) is 25.2. The molecule has 2 aromatic heterocycles. The van der Waals surface area contributed by atoms with Gasteiger partial charge in [-0.15, -0.1) is 0 Å². The quantitative estimate of drug-likeness (QED) is 0.0562. The lowest BCUT2D eigenvalue weighted by Gasteiger charge is -2.38. The third kappa shape index (κ3) is 14.9. The van der Waals surface area contributed by atoms with Crippen molar-refractivity contribution in [3.63, 3.8) is 0 Å². The number of ketones is 2. The summed E-state index contributed by atoms with van der Waals surface area (Å²) in [6.45, 7) is 12.9. The van der Waals surface area contributed by atoms with E-state index < -0.39 is 24.3 Å². The number of pyridine rings is 2. The van der Waals surface area contributed by atoms with E-state index in [1.807, 2.05) is 85.8 Å². The number of aromatic nitrogens is 2. The first-order valence-electron chi connectivity index (χ1n) is 24.8. The van der Waals surface area contributed by atoms with E-state index in [1.54, 1.807) is 19.3 Å². The number of fused-ring (bicyclic) bond motifs is 2. The van der Waals surface area contributed by atoms with Gasteiger partial charge in [-0.1, -0.05) is 79.6 Å². The number of aryl methyl sites for hydroxylation is 2. The van der Waals surface area contributed by atoms with Crippen LogP contribution in [0.5, 0.6) is 0 Å². The van der Waals surface area contributed by atoms with Gasteiger partial charge >= 0.3 is 0 Å². The molecule has 8 atom stereocenters. The van der Waals surface area contributed by atoms with Crippen molar-refractivity contribution in [2.24, 2.45) is 0 Å². The number of rotatable bonds is 19. The Kier molecular flexibility index (Phi) is 19.2. The van der Waals surface area contributed by atoms with Crippen molar-refractivity contribution in [3.05, 3.63) is 108 Å². The molecule has 2 unspecified atom stereocenters. The van der Waals surface area contributed by atoms with Crippen LogP contribution in [0.2, 0.25) is 0 Å². The zero-order valence-electron chi connectivity index (χ0n) is 41.4. The van der Waals surface area contributed by atoms with Gasteiger partial charge in [-0.25, -0.2) is 9.97 Å². The Labute approximate surface area is 408 Å². The van der Waals surface area contributed by atoms with Crippen molar-refractivity contribution in [3.8, 4) is 0 Å². The molecule has 0 aliphatic carbocycles. The van der Waals surface area contributed by atoms with Gasteiger partial charge in [0.1, 0.15) is 23.7 Å². The highest BCUT2D eigenvalue weighted by Gasteiger charge is 2.32. The monoisotopic (exact) mass is 943 g/mol. The number of hydrogen-bond donors (Lipinski definition) is 5. The predicted molar refractivity (Wildman–Crippen MR) is 274 cm³/mol. The van der Waals surface area contributed by atoms with Crippen LogP contribution in [0.15, 0.2) is 91.3 Å². The second-order valence-electron chi connectivity index (χ2n) is 19.4. The van der Waals surface area contributed by atoms with Crippen LogP contribution in [0, 0.1) is 0 Å². The molecule has 14 nitrogen and oxygen atoms in total. The zero-order valence-corrected chi connectivity index (χ0v) is 41.4. The summed E-state index contributed by atoms with van der Waals surface area (Å²) >= 11 is 0. The number of piperidine rings is 2. The fourth-order valence-electron chi connectivity index (χ4n) is 9.83. The van der Waals surface area contributed by atoms with Crippen LogP contribution in [0.4, 0.5) is 11.6 Å². The number of aliphatic hydroxyl groups is 1. The number of hydrogen-bond acceptors (Lipinski definition) is 12.